The fourth-order valence-corrected chi connectivity index (χ4v) is 5.29. The van der Waals surface area contributed by atoms with Gasteiger partial charge >= 0.3 is 0 Å². The molecule has 4 rings (SSSR count). The van der Waals surface area contributed by atoms with Gasteiger partial charge in [-0.3, -0.25) is 14.2 Å². The lowest BCUT2D eigenvalue weighted by atomic mass is 9.97. The van der Waals surface area contributed by atoms with Gasteiger partial charge < -0.3 is 19.9 Å². The number of rotatable bonds is 8. The van der Waals surface area contributed by atoms with Gasteiger partial charge in [-0.05, 0) is 49.4 Å². The van der Waals surface area contributed by atoms with Crippen LogP contribution >= 0.6 is 11.3 Å². The lowest BCUT2D eigenvalue weighted by molar-refractivity contribution is -0.121. The maximum absolute atomic E-state index is 13.0. The maximum Gasteiger partial charge on any atom is 0.262 e. The van der Waals surface area contributed by atoms with Crippen LogP contribution in [0, 0.1) is 0 Å². The molecule has 1 aliphatic rings. The number of hydrogen-bond donors (Lipinski definition) is 2. The molecule has 170 valence electrons. The summed E-state index contributed by atoms with van der Waals surface area (Å²) in [5.41, 5.74) is 1.59. The van der Waals surface area contributed by atoms with Crippen molar-refractivity contribution in [2.24, 2.45) is 0 Å². The number of hydrogen-bond acceptors (Lipinski definition) is 7. The molecule has 0 radical (unpaired) electrons. The summed E-state index contributed by atoms with van der Waals surface area (Å²) in [6, 6.07) is 5.12. The van der Waals surface area contributed by atoms with E-state index in [0.717, 1.165) is 36.1 Å². The topological polar surface area (TPSA) is 103 Å². The Labute approximate surface area is 189 Å². The lowest BCUT2D eigenvalue weighted by Crippen LogP contribution is -2.30. The number of carbonyl (C=O) groups excluding carboxylic acids is 1. The molecule has 32 heavy (non-hydrogen) atoms. The minimum atomic E-state index is -0.956. The SMILES string of the molecule is COc1ccc(OC)c(C(O)CNC(=O)CCn2cnc3sc4c(c3c2=O)CCCC4)c1. The van der Waals surface area contributed by atoms with Crippen molar-refractivity contribution in [3.8, 4) is 11.5 Å². The van der Waals surface area contributed by atoms with E-state index in [0.29, 0.717) is 22.4 Å². The van der Waals surface area contributed by atoms with Gasteiger partial charge in [0.05, 0.1) is 32.0 Å². The normalized spacial score (nSPS) is 14.1. The van der Waals surface area contributed by atoms with Crippen LogP contribution in [0.3, 0.4) is 0 Å². The standard InChI is InChI=1S/C23H27N3O5S/c1-30-14-7-8-18(31-2)16(11-14)17(27)12-24-20(28)9-10-26-13-25-22-21(23(26)29)15-5-3-4-6-19(15)32-22/h7-8,11,13,17,27H,3-6,9-10,12H2,1-2H3,(H,24,28). The number of ether oxygens (including phenoxy) is 2. The molecular formula is C23H27N3O5S. The number of benzene rings is 1. The van der Waals surface area contributed by atoms with E-state index >= 15 is 0 Å². The molecule has 0 saturated carbocycles. The van der Waals surface area contributed by atoms with Crippen LogP contribution < -0.4 is 20.3 Å². The van der Waals surface area contributed by atoms with Crippen molar-refractivity contribution in [1.82, 2.24) is 14.9 Å². The molecule has 1 aliphatic carbocycles. The number of fused-ring (bicyclic) bond motifs is 3. The molecule has 2 aromatic heterocycles. The second kappa shape index (κ2) is 9.70. The van der Waals surface area contributed by atoms with Crippen molar-refractivity contribution in [1.29, 1.82) is 0 Å². The summed E-state index contributed by atoms with van der Waals surface area (Å²) in [5.74, 6) is 0.840. The van der Waals surface area contributed by atoms with E-state index in [4.69, 9.17) is 9.47 Å². The number of nitrogens with one attached hydrogen (secondary N) is 1. The van der Waals surface area contributed by atoms with Crippen molar-refractivity contribution in [2.45, 2.75) is 44.8 Å². The molecule has 0 bridgehead atoms. The summed E-state index contributed by atoms with van der Waals surface area (Å²) in [7, 11) is 3.06. The average molecular weight is 458 g/mol. The molecule has 1 amide bonds. The summed E-state index contributed by atoms with van der Waals surface area (Å²) in [5, 5.41) is 14.0. The number of aromatic nitrogens is 2. The highest BCUT2D eigenvalue weighted by Crippen LogP contribution is 2.33. The average Bonchev–Trinajstić information content (AvgIpc) is 3.21. The number of aryl methyl sites for hydroxylation is 3. The maximum atomic E-state index is 13.0. The summed E-state index contributed by atoms with van der Waals surface area (Å²) in [6.45, 7) is 0.253. The third-order valence-electron chi connectivity index (χ3n) is 5.81. The minimum absolute atomic E-state index is 0.0204. The first-order valence-electron chi connectivity index (χ1n) is 10.7. The molecule has 1 atom stereocenters. The van der Waals surface area contributed by atoms with E-state index in [1.54, 1.807) is 36.6 Å². The van der Waals surface area contributed by atoms with Gasteiger partial charge in [-0.1, -0.05) is 0 Å². The fraction of sp³-hybridized carbons (Fsp3) is 0.435. The first kappa shape index (κ1) is 22.3. The predicted molar refractivity (Wildman–Crippen MR) is 123 cm³/mol. The predicted octanol–water partition coefficient (Wildman–Crippen LogP) is 2.59. The van der Waals surface area contributed by atoms with Gasteiger partial charge in [0.1, 0.15) is 16.3 Å². The molecule has 8 nitrogen and oxygen atoms in total. The van der Waals surface area contributed by atoms with E-state index in [1.807, 2.05) is 0 Å². The first-order valence-corrected chi connectivity index (χ1v) is 11.5. The van der Waals surface area contributed by atoms with Crippen LogP contribution in [0.1, 0.15) is 41.4 Å². The quantitative estimate of drug-likeness (QED) is 0.539. The highest BCUT2D eigenvalue weighted by molar-refractivity contribution is 7.18. The van der Waals surface area contributed by atoms with E-state index in [1.165, 1.54) is 22.9 Å². The number of amides is 1. The Kier molecular flexibility index (Phi) is 6.76. The Morgan fingerprint density at radius 2 is 2.09 bits per heavy atom. The smallest absolute Gasteiger partial charge is 0.262 e. The number of carbonyl (C=O) groups is 1. The summed E-state index contributed by atoms with van der Waals surface area (Å²) >= 11 is 1.61. The van der Waals surface area contributed by atoms with Crippen LogP contribution in [-0.4, -0.2) is 41.3 Å². The number of thiophene rings is 1. The van der Waals surface area contributed by atoms with Crippen LogP contribution in [0.5, 0.6) is 11.5 Å². The zero-order chi connectivity index (χ0) is 22.7. The molecule has 9 heteroatoms. The third kappa shape index (κ3) is 4.49. The van der Waals surface area contributed by atoms with Crippen LogP contribution in [0.2, 0.25) is 0 Å². The van der Waals surface area contributed by atoms with E-state index in [9.17, 15) is 14.7 Å². The second-order valence-electron chi connectivity index (χ2n) is 7.81. The molecule has 1 unspecified atom stereocenters. The molecule has 2 N–H and O–H groups in total. The number of nitrogens with zero attached hydrogens (tertiary/aromatic N) is 2. The van der Waals surface area contributed by atoms with Crippen LogP contribution in [-0.2, 0) is 24.2 Å². The fourth-order valence-electron chi connectivity index (χ4n) is 4.07. The first-order chi connectivity index (χ1) is 15.5. The molecule has 2 heterocycles. The van der Waals surface area contributed by atoms with E-state index in [2.05, 4.69) is 10.3 Å². The van der Waals surface area contributed by atoms with Gasteiger partial charge in [0.15, 0.2) is 0 Å². The third-order valence-corrected chi connectivity index (χ3v) is 7.01. The summed E-state index contributed by atoms with van der Waals surface area (Å²) < 4.78 is 12.0. The monoisotopic (exact) mass is 457 g/mol. The molecule has 0 fully saturated rings. The van der Waals surface area contributed by atoms with Crippen molar-refractivity contribution in [3.63, 3.8) is 0 Å². The van der Waals surface area contributed by atoms with Crippen LogP contribution in [0.25, 0.3) is 10.2 Å². The highest BCUT2D eigenvalue weighted by Gasteiger charge is 2.20. The van der Waals surface area contributed by atoms with Crippen LogP contribution in [0.4, 0.5) is 0 Å². The van der Waals surface area contributed by atoms with Gasteiger partial charge in [0, 0.05) is 30.0 Å². The van der Waals surface area contributed by atoms with Crippen molar-refractivity contribution >= 4 is 27.5 Å². The second-order valence-corrected chi connectivity index (χ2v) is 8.90. The van der Waals surface area contributed by atoms with Gasteiger partial charge in [-0.2, -0.15) is 0 Å². The molecule has 0 aliphatic heterocycles. The Bertz CT molecular complexity index is 1190. The summed E-state index contributed by atoms with van der Waals surface area (Å²) in [6.07, 6.45) is 4.86. The van der Waals surface area contributed by atoms with Crippen LogP contribution in [0.15, 0.2) is 29.3 Å². The van der Waals surface area contributed by atoms with E-state index in [-0.39, 0.29) is 31.0 Å². The van der Waals surface area contributed by atoms with Gasteiger partial charge in [0.2, 0.25) is 5.91 Å². The Balaban J connectivity index is 1.39. The van der Waals surface area contributed by atoms with Gasteiger partial charge in [0.25, 0.3) is 5.56 Å². The molecule has 3 aromatic rings. The highest BCUT2D eigenvalue weighted by atomic mass is 32.1. The number of aliphatic hydroxyl groups excluding tert-OH is 1. The zero-order valence-corrected chi connectivity index (χ0v) is 19.0. The minimum Gasteiger partial charge on any atom is -0.497 e. The Hall–Kier alpha value is -2.91. The van der Waals surface area contributed by atoms with Crippen molar-refractivity contribution < 1.29 is 19.4 Å². The van der Waals surface area contributed by atoms with Crippen molar-refractivity contribution in [2.75, 3.05) is 20.8 Å². The largest absolute Gasteiger partial charge is 0.497 e. The Morgan fingerprint density at radius 3 is 2.88 bits per heavy atom. The molecular weight excluding hydrogens is 430 g/mol. The van der Waals surface area contributed by atoms with Gasteiger partial charge in [-0.15, -0.1) is 11.3 Å². The van der Waals surface area contributed by atoms with Crippen molar-refractivity contribution in [3.05, 3.63) is 50.9 Å². The molecule has 1 aromatic carbocycles. The lowest BCUT2D eigenvalue weighted by Gasteiger charge is -2.16. The Morgan fingerprint density at radius 1 is 1.28 bits per heavy atom. The molecule has 0 saturated heterocycles. The number of aliphatic hydroxyl groups is 1. The zero-order valence-electron chi connectivity index (χ0n) is 18.2. The van der Waals surface area contributed by atoms with E-state index < -0.39 is 6.10 Å². The number of methoxy groups -OCH3 is 2. The summed E-state index contributed by atoms with van der Waals surface area (Å²) in [4.78, 5) is 31.9. The molecule has 0 spiro atoms. The van der Waals surface area contributed by atoms with Gasteiger partial charge in [-0.25, -0.2) is 4.98 Å².